The molecule has 0 aliphatic rings. The van der Waals surface area contributed by atoms with Crippen LogP contribution in [0.15, 0.2) is 53.5 Å². The Kier molecular flexibility index (Phi) is 4.55. The Morgan fingerprint density at radius 1 is 1.25 bits per heavy atom. The van der Waals surface area contributed by atoms with E-state index in [1.165, 1.54) is 6.07 Å². The van der Waals surface area contributed by atoms with Crippen LogP contribution in [0.5, 0.6) is 0 Å². The number of aromatic amines is 1. The van der Waals surface area contributed by atoms with E-state index in [9.17, 15) is 9.59 Å². The zero-order valence-corrected chi connectivity index (χ0v) is 11.1. The number of hydrogen-bond donors (Lipinski definition) is 2. The Balaban J connectivity index is 1.85. The van der Waals surface area contributed by atoms with Gasteiger partial charge in [-0.1, -0.05) is 36.4 Å². The van der Waals surface area contributed by atoms with Crippen molar-refractivity contribution in [2.45, 2.75) is 19.6 Å². The van der Waals surface area contributed by atoms with Crippen molar-refractivity contribution in [2.24, 2.45) is 0 Å². The van der Waals surface area contributed by atoms with Gasteiger partial charge in [-0.3, -0.25) is 4.79 Å². The first-order valence-electron chi connectivity index (χ1n) is 6.31. The Morgan fingerprint density at radius 3 is 2.65 bits per heavy atom. The number of pyridine rings is 1. The van der Waals surface area contributed by atoms with Gasteiger partial charge in [-0.2, -0.15) is 0 Å². The summed E-state index contributed by atoms with van der Waals surface area (Å²) in [5.41, 5.74) is 1.56. The molecule has 2 aromatic rings. The van der Waals surface area contributed by atoms with Crippen LogP contribution in [0.1, 0.15) is 24.1 Å². The molecule has 20 heavy (non-hydrogen) atoms. The van der Waals surface area contributed by atoms with Crippen LogP contribution in [-0.4, -0.2) is 11.1 Å². The van der Waals surface area contributed by atoms with Crippen molar-refractivity contribution in [3.63, 3.8) is 0 Å². The van der Waals surface area contributed by atoms with Gasteiger partial charge in [0.2, 0.25) is 5.56 Å². The first-order chi connectivity index (χ1) is 9.65. The monoisotopic (exact) mass is 272 g/mol. The van der Waals surface area contributed by atoms with Gasteiger partial charge < -0.3 is 15.0 Å². The van der Waals surface area contributed by atoms with Gasteiger partial charge >= 0.3 is 6.09 Å². The number of benzene rings is 1. The molecule has 1 amide bonds. The van der Waals surface area contributed by atoms with Crippen molar-refractivity contribution in [2.75, 3.05) is 0 Å². The molecule has 0 radical (unpaired) electrons. The predicted octanol–water partition coefficient (Wildman–Crippen LogP) is 2.36. The van der Waals surface area contributed by atoms with Crippen LogP contribution in [-0.2, 0) is 11.3 Å². The quantitative estimate of drug-likeness (QED) is 0.897. The molecule has 0 aliphatic heterocycles. The molecule has 0 spiro atoms. The summed E-state index contributed by atoms with van der Waals surface area (Å²) >= 11 is 0. The van der Waals surface area contributed by atoms with E-state index in [-0.39, 0.29) is 18.2 Å². The number of rotatable bonds is 4. The van der Waals surface area contributed by atoms with Crippen molar-refractivity contribution < 1.29 is 9.53 Å². The largest absolute Gasteiger partial charge is 0.445 e. The van der Waals surface area contributed by atoms with E-state index in [0.29, 0.717) is 0 Å². The zero-order chi connectivity index (χ0) is 14.4. The Morgan fingerprint density at radius 2 is 2.00 bits per heavy atom. The maximum atomic E-state index is 11.7. The molecular formula is C15H16N2O3. The first-order valence-corrected chi connectivity index (χ1v) is 6.31. The van der Waals surface area contributed by atoms with Gasteiger partial charge in [-0.05, 0) is 18.1 Å². The summed E-state index contributed by atoms with van der Waals surface area (Å²) in [6, 6.07) is 12.3. The minimum atomic E-state index is -0.493. The summed E-state index contributed by atoms with van der Waals surface area (Å²) in [7, 11) is 0. The number of hydrogen-bond acceptors (Lipinski definition) is 3. The highest BCUT2D eigenvalue weighted by molar-refractivity contribution is 5.67. The molecule has 0 saturated heterocycles. The number of carbonyl (C=O) groups excluding carboxylic acids is 1. The third-order valence-corrected chi connectivity index (χ3v) is 2.86. The SMILES string of the molecule is C[C@@H](NC(=O)OCc1ccccc1)c1ccc(=O)[nH]c1. The third-order valence-electron chi connectivity index (χ3n) is 2.86. The molecule has 1 heterocycles. The fraction of sp³-hybridized carbons (Fsp3) is 0.200. The normalized spacial score (nSPS) is 11.7. The first kappa shape index (κ1) is 13.9. The molecule has 0 aliphatic carbocycles. The molecule has 0 unspecified atom stereocenters. The number of ether oxygens (including phenoxy) is 1. The predicted molar refractivity (Wildman–Crippen MR) is 75.2 cm³/mol. The van der Waals surface area contributed by atoms with Gasteiger partial charge in [-0.25, -0.2) is 4.79 Å². The summed E-state index contributed by atoms with van der Waals surface area (Å²) in [6.45, 7) is 2.04. The van der Waals surface area contributed by atoms with Crippen LogP contribution < -0.4 is 10.9 Å². The molecule has 1 aromatic carbocycles. The van der Waals surface area contributed by atoms with E-state index in [4.69, 9.17) is 4.74 Å². The van der Waals surface area contributed by atoms with Crippen LogP contribution in [0, 0.1) is 0 Å². The summed E-state index contributed by atoms with van der Waals surface area (Å²) in [5.74, 6) is 0. The zero-order valence-electron chi connectivity index (χ0n) is 11.1. The lowest BCUT2D eigenvalue weighted by molar-refractivity contribution is 0.136. The lowest BCUT2D eigenvalue weighted by Gasteiger charge is -2.14. The minimum absolute atomic E-state index is 0.174. The highest BCUT2D eigenvalue weighted by Crippen LogP contribution is 2.09. The Bertz CT molecular complexity index is 602. The second-order valence-electron chi connectivity index (χ2n) is 4.41. The van der Waals surface area contributed by atoms with Crippen molar-refractivity contribution in [1.29, 1.82) is 0 Å². The second-order valence-corrected chi connectivity index (χ2v) is 4.41. The van der Waals surface area contributed by atoms with E-state index in [2.05, 4.69) is 10.3 Å². The van der Waals surface area contributed by atoms with Gasteiger partial charge in [0.1, 0.15) is 6.61 Å². The summed E-state index contributed by atoms with van der Waals surface area (Å²) in [5, 5.41) is 2.70. The molecule has 104 valence electrons. The van der Waals surface area contributed by atoms with E-state index in [1.54, 1.807) is 12.3 Å². The molecule has 5 heteroatoms. The summed E-state index contributed by atoms with van der Waals surface area (Å²) in [4.78, 5) is 25.2. The van der Waals surface area contributed by atoms with Crippen molar-refractivity contribution >= 4 is 6.09 Å². The number of H-pyrrole nitrogens is 1. The van der Waals surface area contributed by atoms with E-state index in [0.717, 1.165) is 11.1 Å². The van der Waals surface area contributed by atoms with E-state index >= 15 is 0 Å². The average molecular weight is 272 g/mol. The Hall–Kier alpha value is -2.56. The topological polar surface area (TPSA) is 71.2 Å². The lowest BCUT2D eigenvalue weighted by Crippen LogP contribution is -2.27. The van der Waals surface area contributed by atoms with Gasteiger partial charge in [-0.15, -0.1) is 0 Å². The molecular weight excluding hydrogens is 256 g/mol. The molecule has 1 atom stereocenters. The number of aromatic nitrogens is 1. The average Bonchev–Trinajstić information content (AvgIpc) is 2.47. The highest BCUT2D eigenvalue weighted by Gasteiger charge is 2.10. The van der Waals surface area contributed by atoms with Gasteiger partial charge in [0.05, 0.1) is 6.04 Å². The maximum Gasteiger partial charge on any atom is 0.407 e. The van der Waals surface area contributed by atoms with Crippen molar-refractivity contribution in [1.82, 2.24) is 10.3 Å². The van der Waals surface area contributed by atoms with Crippen LogP contribution in [0.4, 0.5) is 4.79 Å². The smallest absolute Gasteiger partial charge is 0.407 e. The number of carbonyl (C=O) groups is 1. The lowest BCUT2D eigenvalue weighted by atomic mass is 10.1. The molecule has 2 N–H and O–H groups in total. The minimum Gasteiger partial charge on any atom is -0.445 e. The van der Waals surface area contributed by atoms with Crippen molar-refractivity contribution in [3.05, 3.63) is 70.1 Å². The van der Waals surface area contributed by atoms with Crippen LogP contribution in [0.3, 0.4) is 0 Å². The molecule has 5 nitrogen and oxygen atoms in total. The standard InChI is InChI=1S/C15H16N2O3/c1-11(13-7-8-14(18)16-9-13)17-15(19)20-10-12-5-3-2-4-6-12/h2-9,11H,10H2,1H3,(H,16,18)(H,17,19)/t11-/m1/s1. The van der Waals surface area contributed by atoms with E-state index < -0.39 is 6.09 Å². The van der Waals surface area contributed by atoms with Gasteiger partial charge in [0.25, 0.3) is 0 Å². The molecule has 0 fully saturated rings. The summed E-state index contributed by atoms with van der Waals surface area (Å²) < 4.78 is 5.12. The third kappa shape index (κ3) is 3.98. The maximum absolute atomic E-state index is 11.7. The Labute approximate surface area is 116 Å². The van der Waals surface area contributed by atoms with Crippen molar-refractivity contribution in [3.8, 4) is 0 Å². The van der Waals surface area contributed by atoms with Crippen LogP contribution in [0.2, 0.25) is 0 Å². The fourth-order valence-electron chi connectivity index (χ4n) is 1.72. The molecule has 0 saturated carbocycles. The number of nitrogens with one attached hydrogen (secondary N) is 2. The second kappa shape index (κ2) is 6.56. The number of amides is 1. The molecule has 0 bridgehead atoms. The van der Waals surface area contributed by atoms with E-state index in [1.807, 2.05) is 37.3 Å². The molecule has 2 rings (SSSR count). The fourth-order valence-corrected chi connectivity index (χ4v) is 1.72. The summed E-state index contributed by atoms with van der Waals surface area (Å²) in [6.07, 6.45) is 1.08. The van der Waals surface area contributed by atoms with Crippen LogP contribution >= 0.6 is 0 Å². The van der Waals surface area contributed by atoms with Gasteiger partial charge in [0, 0.05) is 12.3 Å². The highest BCUT2D eigenvalue weighted by atomic mass is 16.5. The van der Waals surface area contributed by atoms with Gasteiger partial charge in [0.15, 0.2) is 0 Å². The molecule has 1 aromatic heterocycles. The van der Waals surface area contributed by atoms with Crippen LogP contribution in [0.25, 0.3) is 0 Å². The number of alkyl carbamates (subject to hydrolysis) is 1.